The number of carbonyl (C=O) groups excluding carboxylic acids is 2. The van der Waals surface area contributed by atoms with Crippen molar-refractivity contribution in [2.75, 3.05) is 0 Å². The summed E-state index contributed by atoms with van der Waals surface area (Å²) >= 11 is 0. The maximum atomic E-state index is 13.9. The number of benzene rings is 1. The van der Waals surface area contributed by atoms with Gasteiger partial charge in [-0.25, -0.2) is 13.6 Å². The van der Waals surface area contributed by atoms with Crippen LogP contribution in [0.5, 0.6) is 0 Å². The first-order valence-electron chi connectivity index (χ1n) is 8.66. The summed E-state index contributed by atoms with van der Waals surface area (Å²) in [5.41, 5.74) is -0.774. The number of Topliss-reactive ketones (excluding diaryl/α,β-unsaturated/α-hetero) is 1. The van der Waals surface area contributed by atoms with Gasteiger partial charge in [-0.3, -0.25) is 4.79 Å². The van der Waals surface area contributed by atoms with Crippen LogP contribution in [0.1, 0.15) is 56.8 Å². The van der Waals surface area contributed by atoms with E-state index in [1.165, 1.54) is 0 Å². The lowest BCUT2D eigenvalue weighted by molar-refractivity contribution is 0.00250. The number of hydrogen-bond donors (Lipinski definition) is 0. The van der Waals surface area contributed by atoms with Crippen molar-refractivity contribution in [3.63, 3.8) is 0 Å². The molecule has 2 heterocycles. The second kappa shape index (κ2) is 6.39. The molecule has 136 valence electrons. The molecule has 0 radical (unpaired) electrons. The van der Waals surface area contributed by atoms with Crippen molar-refractivity contribution >= 4 is 11.9 Å². The second-order valence-corrected chi connectivity index (χ2v) is 7.93. The molecule has 2 saturated heterocycles. The van der Waals surface area contributed by atoms with Crippen molar-refractivity contribution in [3.8, 4) is 0 Å². The molecule has 25 heavy (non-hydrogen) atoms. The van der Waals surface area contributed by atoms with Crippen LogP contribution in [-0.4, -0.2) is 34.5 Å². The van der Waals surface area contributed by atoms with Crippen LogP contribution in [0, 0.1) is 17.6 Å². The summed E-state index contributed by atoms with van der Waals surface area (Å²) in [7, 11) is 0. The number of hydrogen-bond acceptors (Lipinski definition) is 3. The Morgan fingerprint density at radius 3 is 2.28 bits per heavy atom. The van der Waals surface area contributed by atoms with Crippen LogP contribution in [0.3, 0.4) is 0 Å². The van der Waals surface area contributed by atoms with Crippen molar-refractivity contribution in [2.24, 2.45) is 5.92 Å². The Morgan fingerprint density at radius 1 is 1.12 bits per heavy atom. The first-order valence-corrected chi connectivity index (χ1v) is 8.66. The molecule has 2 bridgehead atoms. The lowest BCUT2D eigenvalue weighted by atomic mass is 9.84. The van der Waals surface area contributed by atoms with E-state index in [4.69, 9.17) is 4.74 Å². The highest BCUT2D eigenvalue weighted by Gasteiger charge is 2.46. The minimum atomic E-state index is -0.701. The lowest BCUT2D eigenvalue weighted by Crippen LogP contribution is -2.49. The molecule has 1 aromatic carbocycles. The molecular formula is C19H23F2NO3. The molecule has 0 saturated carbocycles. The van der Waals surface area contributed by atoms with Gasteiger partial charge in [-0.1, -0.05) is 0 Å². The molecule has 0 aliphatic carbocycles. The van der Waals surface area contributed by atoms with Crippen LogP contribution in [0.4, 0.5) is 13.6 Å². The van der Waals surface area contributed by atoms with E-state index in [1.807, 2.05) is 20.8 Å². The Balaban J connectivity index is 1.74. The van der Waals surface area contributed by atoms with Gasteiger partial charge >= 0.3 is 6.09 Å². The van der Waals surface area contributed by atoms with Gasteiger partial charge in [-0.15, -0.1) is 0 Å². The molecule has 0 aromatic heterocycles. The summed E-state index contributed by atoms with van der Waals surface area (Å²) in [6.07, 6.45) is 2.18. The minimum Gasteiger partial charge on any atom is -0.444 e. The molecule has 2 aliphatic heterocycles. The second-order valence-electron chi connectivity index (χ2n) is 7.93. The van der Waals surface area contributed by atoms with E-state index < -0.39 is 23.2 Å². The number of piperidine rings is 1. The van der Waals surface area contributed by atoms with Crippen molar-refractivity contribution in [1.82, 2.24) is 4.90 Å². The standard InChI is InChI=1S/C19H23F2NO3/c1-19(2,3)25-18(24)22-13-5-6-14(22)9-11(8-13)17(23)15-10-12(20)4-7-16(15)21/h4,7,10-11,13-14H,5-6,8-9H2,1-3H3. The minimum absolute atomic E-state index is 0.0841. The smallest absolute Gasteiger partial charge is 0.410 e. The molecule has 2 unspecified atom stereocenters. The molecule has 1 amide bonds. The van der Waals surface area contributed by atoms with Crippen LogP contribution in [-0.2, 0) is 4.74 Å². The third kappa shape index (κ3) is 3.67. The fourth-order valence-corrected chi connectivity index (χ4v) is 3.91. The van der Waals surface area contributed by atoms with Crippen molar-refractivity contribution in [3.05, 3.63) is 35.4 Å². The van der Waals surface area contributed by atoms with E-state index in [2.05, 4.69) is 0 Å². The van der Waals surface area contributed by atoms with Gasteiger partial charge in [0.2, 0.25) is 0 Å². The Labute approximate surface area is 146 Å². The van der Waals surface area contributed by atoms with E-state index in [9.17, 15) is 18.4 Å². The average Bonchev–Trinajstić information content (AvgIpc) is 2.78. The average molecular weight is 351 g/mol. The SMILES string of the molecule is CC(C)(C)OC(=O)N1C2CCC1CC(C(=O)c1cc(F)ccc1F)C2. The van der Waals surface area contributed by atoms with Gasteiger partial charge in [0.15, 0.2) is 5.78 Å². The van der Waals surface area contributed by atoms with Crippen LogP contribution < -0.4 is 0 Å². The van der Waals surface area contributed by atoms with E-state index in [0.717, 1.165) is 31.0 Å². The van der Waals surface area contributed by atoms with E-state index in [1.54, 1.807) is 4.90 Å². The van der Waals surface area contributed by atoms with E-state index in [0.29, 0.717) is 12.8 Å². The largest absolute Gasteiger partial charge is 0.444 e. The predicted molar refractivity (Wildman–Crippen MR) is 88.3 cm³/mol. The number of nitrogens with zero attached hydrogens (tertiary/aromatic N) is 1. The predicted octanol–water partition coefficient (Wildman–Crippen LogP) is 4.33. The molecule has 6 heteroatoms. The van der Waals surface area contributed by atoms with Crippen molar-refractivity contribution < 1.29 is 23.1 Å². The van der Waals surface area contributed by atoms with Crippen LogP contribution in [0.25, 0.3) is 0 Å². The highest BCUT2D eigenvalue weighted by molar-refractivity contribution is 5.98. The summed E-state index contributed by atoms with van der Waals surface area (Å²) in [5.74, 6) is -2.10. The molecule has 2 fully saturated rings. The number of ketones is 1. The lowest BCUT2D eigenvalue weighted by Gasteiger charge is -2.39. The first-order chi connectivity index (χ1) is 11.7. The molecule has 0 N–H and O–H groups in total. The summed E-state index contributed by atoms with van der Waals surface area (Å²) in [6, 6.07) is 2.77. The number of carbonyl (C=O) groups is 2. The fourth-order valence-electron chi connectivity index (χ4n) is 3.91. The van der Waals surface area contributed by atoms with Crippen LogP contribution >= 0.6 is 0 Å². The third-order valence-electron chi connectivity index (χ3n) is 4.90. The summed E-state index contributed by atoms with van der Waals surface area (Å²) in [5, 5.41) is 0. The van der Waals surface area contributed by atoms with Crippen LogP contribution in [0.15, 0.2) is 18.2 Å². The van der Waals surface area contributed by atoms with Gasteiger partial charge in [-0.05, 0) is 64.7 Å². The summed E-state index contributed by atoms with van der Waals surface area (Å²) < 4.78 is 32.7. The van der Waals surface area contributed by atoms with Crippen molar-refractivity contribution in [2.45, 2.75) is 64.1 Å². The molecule has 2 atom stereocenters. The Morgan fingerprint density at radius 2 is 1.72 bits per heavy atom. The van der Waals surface area contributed by atoms with Gasteiger partial charge in [0.25, 0.3) is 0 Å². The highest BCUT2D eigenvalue weighted by atomic mass is 19.1. The quantitative estimate of drug-likeness (QED) is 0.745. The normalized spacial score (nSPS) is 25.8. The zero-order valence-corrected chi connectivity index (χ0v) is 14.7. The zero-order valence-electron chi connectivity index (χ0n) is 14.7. The Hall–Kier alpha value is -1.98. The van der Waals surface area contributed by atoms with Crippen LogP contribution in [0.2, 0.25) is 0 Å². The Kier molecular flexibility index (Phi) is 4.56. The number of rotatable bonds is 2. The first kappa shape index (κ1) is 17.8. The van der Waals surface area contributed by atoms with E-state index in [-0.39, 0.29) is 29.5 Å². The molecular weight excluding hydrogens is 328 g/mol. The topological polar surface area (TPSA) is 46.6 Å². The monoisotopic (exact) mass is 351 g/mol. The third-order valence-corrected chi connectivity index (χ3v) is 4.90. The number of halogens is 2. The number of fused-ring (bicyclic) bond motifs is 2. The van der Waals surface area contributed by atoms with Gasteiger partial charge < -0.3 is 9.64 Å². The molecule has 4 nitrogen and oxygen atoms in total. The summed E-state index contributed by atoms with van der Waals surface area (Å²) in [6.45, 7) is 5.45. The van der Waals surface area contributed by atoms with Gasteiger partial charge in [0.1, 0.15) is 17.2 Å². The summed E-state index contributed by atoms with van der Waals surface area (Å²) in [4.78, 5) is 26.8. The molecule has 1 aromatic rings. The maximum Gasteiger partial charge on any atom is 0.410 e. The fraction of sp³-hybridized carbons (Fsp3) is 0.579. The van der Waals surface area contributed by atoms with Gasteiger partial charge in [0.05, 0.1) is 5.56 Å². The number of ether oxygens (including phenoxy) is 1. The van der Waals surface area contributed by atoms with Gasteiger partial charge in [-0.2, -0.15) is 0 Å². The number of amides is 1. The zero-order chi connectivity index (χ0) is 18.4. The van der Waals surface area contributed by atoms with E-state index >= 15 is 0 Å². The molecule has 3 rings (SSSR count). The van der Waals surface area contributed by atoms with Gasteiger partial charge in [0, 0.05) is 18.0 Å². The highest BCUT2D eigenvalue weighted by Crippen LogP contribution is 2.40. The maximum absolute atomic E-state index is 13.9. The molecule has 0 spiro atoms. The molecule has 2 aliphatic rings. The Bertz CT molecular complexity index is 684. The van der Waals surface area contributed by atoms with Crippen molar-refractivity contribution in [1.29, 1.82) is 0 Å².